The average Bonchev–Trinajstić information content (AvgIpc) is 2.90. The van der Waals surface area contributed by atoms with Gasteiger partial charge in [-0.1, -0.05) is 0 Å². The molecule has 0 spiro atoms. The van der Waals surface area contributed by atoms with E-state index in [0.29, 0.717) is 6.42 Å². The van der Waals surface area contributed by atoms with Crippen LogP contribution in [0.25, 0.3) is 0 Å². The van der Waals surface area contributed by atoms with E-state index in [2.05, 4.69) is 17.7 Å². The fraction of sp³-hybridized carbons (Fsp3) is 0.909. The monoisotopic (exact) mass is 440 g/mol. The molecule has 0 aromatic carbocycles. The number of hydrogen-bond donors (Lipinski definition) is 1. The fourth-order valence-electron chi connectivity index (χ4n) is 2.14. The first kappa shape index (κ1) is 23.9. The second kappa shape index (κ2) is 10.4. The highest BCUT2D eigenvalue weighted by atomic mass is 31.3. The Morgan fingerprint density at radius 1 is 1.23 bits per heavy atom. The quantitative estimate of drug-likeness (QED) is 0.370. The van der Waals surface area contributed by atoms with E-state index in [0.717, 1.165) is 14.2 Å². The van der Waals surface area contributed by atoms with Crippen molar-refractivity contribution in [3.8, 4) is 0 Å². The highest BCUT2D eigenvalue weighted by molar-refractivity contribution is 7.61. The molecule has 1 N–H and O–H groups in total. The van der Waals surface area contributed by atoms with E-state index >= 15 is 0 Å². The molecular weight excluding hydrogens is 417 g/mol. The van der Waals surface area contributed by atoms with Crippen molar-refractivity contribution in [1.29, 1.82) is 0 Å². The summed E-state index contributed by atoms with van der Waals surface area (Å²) in [6.07, 6.45) is -0.139. The van der Waals surface area contributed by atoms with E-state index in [9.17, 15) is 18.5 Å². The molecule has 0 aliphatic carbocycles. The Morgan fingerprint density at radius 3 is 2.42 bits per heavy atom. The van der Waals surface area contributed by atoms with Gasteiger partial charge < -0.3 is 14.4 Å². The van der Waals surface area contributed by atoms with Crippen LogP contribution in [0.15, 0.2) is 0 Å². The topological polar surface area (TPSA) is 153 Å². The minimum atomic E-state index is -4.60. The standard InChI is InChI=1S/C11H23O12P3/c1-8-5-10(6-19-9(2)12)11(21-8)7-20-26(16,18-4)23-24(13)22-25(14,15)17-3/h8,10-11,24H,5-7H2,1-4H3,(H,14,15)/t8-,10+,11+,26?/m0/s1. The van der Waals surface area contributed by atoms with Crippen LogP contribution in [0.5, 0.6) is 0 Å². The molecule has 154 valence electrons. The third kappa shape index (κ3) is 8.27. The van der Waals surface area contributed by atoms with Crippen LogP contribution in [0.1, 0.15) is 20.3 Å². The third-order valence-corrected chi connectivity index (χ3v) is 7.68. The summed E-state index contributed by atoms with van der Waals surface area (Å²) < 4.78 is 68.0. The van der Waals surface area contributed by atoms with Crippen LogP contribution in [-0.2, 0) is 50.2 Å². The number of rotatable bonds is 11. The number of carbonyl (C=O) groups excluding carboxylic acids is 1. The molecule has 26 heavy (non-hydrogen) atoms. The SMILES string of the molecule is COP(=O)(O)O[PH](=O)OP(=O)(OC)OC[C@H]1O[C@@H](C)C[C@@H]1COC(C)=O. The normalized spacial score (nSPS) is 28.9. The van der Waals surface area contributed by atoms with E-state index in [4.69, 9.17) is 18.9 Å². The smallest absolute Gasteiger partial charge is 0.465 e. The summed E-state index contributed by atoms with van der Waals surface area (Å²) in [4.78, 5) is 20.0. The molecule has 3 unspecified atom stereocenters. The van der Waals surface area contributed by atoms with Gasteiger partial charge in [0.1, 0.15) is 0 Å². The van der Waals surface area contributed by atoms with Gasteiger partial charge in [-0.25, -0.2) is 17.8 Å². The summed E-state index contributed by atoms with van der Waals surface area (Å²) >= 11 is 0. The van der Waals surface area contributed by atoms with Gasteiger partial charge in [0.25, 0.3) is 0 Å². The molecule has 1 aliphatic heterocycles. The van der Waals surface area contributed by atoms with Crippen molar-refractivity contribution in [3.05, 3.63) is 0 Å². The average molecular weight is 440 g/mol. The zero-order chi connectivity index (χ0) is 20.0. The summed E-state index contributed by atoms with van der Waals surface area (Å²) in [6.45, 7) is 2.89. The lowest BCUT2D eigenvalue weighted by Crippen LogP contribution is -2.26. The second-order valence-corrected chi connectivity index (χ2v) is 10.1. The van der Waals surface area contributed by atoms with Gasteiger partial charge in [-0.05, 0) is 13.3 Å². The predicted octanol–water partition coefficient (Wildman–Crippen LogP) is 2.28. The Balaban J connectivity index is 2.62. The molecule has 0 saturated carbocycles. The van der Waals surface area contributed by atoms with E-state index in [1.165, 1.54) is 6.92 Å². The van der Waals surface area contributed by atoms with Gasteiger partial charge in [0, 0.05) is 27.1 Å². The number of phosphoric ester groups is 2. The molecule has 12 nitrogen and oxygen atoms in total. The zero-order valence-corrected chi connectivity index (χ0v) is 17.5. The van der Waals surface area contributed by atoms with Crippen molar-refractivity contribution in [3.63, 3.8) is 0 Å². The van der Waals surface area contributed by atoms with Crippen molar-refractivity contribution in [2.45, 2.75) is 32.5 Å². The van der Waals surface area contributed by atoms with Gasteiger partial charge in [0.15, 0.2) is 0 Å². The van der Waals surface area contributed by atoms with Crippen molar-refractivity contribution in [2.75, 3.05) is 27.4 Å². The van der Waals surface area contributed by atoms with Gasteiger partial charge in [-0.15, -0.1) is 0 Å². The number of hydrogen-bond acceptors (Lipinski definition) is 11. The summed E-state index contributed by atoms with van der Waals surface area (Å²) in [5, 5.41) is 0. The first-order chi connectivity index (χ1) is 12.0. The predicted molar refractivity (Wildman–Crippen MR) is 87.6 cm³/mol. The second-order valence-electron chi connectivity index (χ2n) is 5.29. The fourth-order valence-corrected chi connectivity index (χ4v) is 5.30. The number of esters is 1. The highest BCUT2D eigenvalue weighted by Gasteiger charge is 2.38. The van der Waals surface area contributed by atoms with Crippen LogP contribution in [0.4, 0.5) is 0 Å². The number of phosphoric acid groups is 2. The molecule has 0 bridgehead atoms. The number of carbonyl (C=O) groups is 1. The van der Waals surface area contributed by atoms with Crippen LogP contribution in [0, 0.1) is 5.92 Å². The lowest BCUT2D eigenvalue weighted by atomic mass is 10.0. The van der Waals surface area contributed by atoms with E-state index in [1.807, 2.05) is 6.92 Å². The molecule has 1 fully saturated rings. The van der Waals surface area contributed by atoms with Gasteiger partial charge >= 0.3 is 29.9 Å². The third-order valence-electron chi connectivity index (χ3n) is 3.30. The number of ether oxygens (including phenoxy) is 2. The lowest BCUT2D eigenvalue weighted by molar-refractivity contribution is -0.143. The van der Waals surface area contributed by atoms with Crippen LogP contribution in [-0.4, -0.2) is 50.5 Å². The minimum absolute atomic E-state index is 0.0904. The Bertz CT molecular complexity index is 595. The van der Waals surface area contributed by atoms with E-state index in [1.54, 1.807) is 0 Å². The molecule has 1 saturated heterocycles. The highest BCUT2D eigenvalue weighted by Crippen LogP contribution is 2.61. The Morgan fingerprint density at radius 2 is 1.88 bits per heavy atom. The van der Waals surface area contributed by atoms with Crippen LogP contribution < -0.4 is 0 Å². The molecule has 15 heteroatoms. The molecule has 0 amide bonds. The van der Waals surface area contributed by atoms with Gasteiger partial charge in [-0.3, -0.25) is 22.9 Å². The first-order valence-electron chi connectivity index (χ1n) is 7.41. The van der Waals surface area contributed by atoms with Crippen molar-refractivity contribution < 1.29 is 55.0 Å². The van der Waals surface area contributed by atoms with Gasteiger partial charge in [0.2, 0.25) is 0 Å². The zero-order valence-electron chi connectivity index (χ0n) is 14.7. The summed E-state index contributed by atoms with van der Waals surface area (Å²) in [6, 6.07) is 0. The Labute approximate surface area is 151 Å². The van der Waals surface area contributed by atoms with Gasteiger partial charge in [-0.2, -0.15) is 0 Å². The summed E-state index contributed by atoms with van der Waals surface area (Å²) in [5.41, 5.74) is 0. The molecule has 6 atom stereocenters. The molecule has 1 heterocycles. The maximum atomic E-state index is 12.3. The van der Waals surface area contributed by atoms with E-state index < -0.39 is 36.0 Å². The lowest BCUT2D eigenvalue weighted by Gasteiger charge is -2.21. The molecule has 1 rings (SSSR count). The van der Waals surface area contributed by atoms with Crippen molar-refractivity contribution in [1.82, 2.24) is 0 Å². The molecular formula is C11H23O12P3. The molecule has 0 radical (unpaired) electrons. The maximum absolute atomic E-state index is 12.3. The van der Waals surface area contributed by atoms with Crippen LogP contribution in [0.3, 0.4) is 0 Å². The molecule has 1 aliphatic rings. The Hall–Kier alpha value is -0.120. The summed E-state index contributed by atoms with van der Waals surface area (Å²) in [5.74, 6) is -0.656. The Kier molecular flexibility index (Phi) is 9.60. The molecule has 0 aromatic heterocycles. The maximum Gasteiger partial charge on any atom is 0.481 e. The van der Waals surface area contributed by atoms with Crippen LogP contribution in [0.2, 0.25) is 0 Å². The van der Waals surface area contributed by atoms with Crippen molar-refractivity contribution >= 4 is 29.9 Å². The molecule has 0 aromatic rings. The van der Waals surface area contributed by atoms with Crippen molar-refractivity contribution in [2.24, 2.45) is 5.92 Å². The van der Waals surface area contributed by atoms with Crippen LogP contribution >= 0.6 is 23.9 Å². The van der Waals surface area contributed by atoms with E-state index in [-0.39, 0.29) is 25.2 Å². The largest absolute Gasteiger partial charge is 0.481 e. The first-order valence-corrected chi connectivity index (χ1v) is 11.6. The minimum Gasteiger partial charge on any atom is -0.465 e. The van der Waals surface area contributed by atoms with Gasteiger partial charge in [0.05, 0.1) is 25.4 Å². The summed E-state index contributed by atoms with van der Waals surface area (Å²) in [7, 11) is -10.9.